The van der Waals surface area contributed by atoms with E-state index < -0.39 is 16.4 Å². The molecule has 0 aromatic heterocycles. The fourth-order valence-corrected chi connectivity index (χ4v) is 14.9. The highest BCUT2D eigenvalue weighted by Crippen LogP contribution is 2.86. The molecule has 0 radical (unpaired) electrons. The number of allylic oxidation sites excluding steroid dienone is 5. The lowest BCUT2D eigenvalue weighted by Crippen LogP contribution is -2.76. The molecule has 7 nitrogen and oxygen atoms in total. The summed E-state index contributed by atoms with van der Waals surface area (Å²) in [6.07, 6.45) is 22.6. The number of hydrogen-bond acceptors (Lipinski definition) is 7. The lowest BCUT2D eigenvalue weighted by molar-refractivity contribution is -0.275. The van der Waals surface area contributed by atoms with Crippen molar-refractivity contribution in [1.82, 2.24) is 9.80 Å². The quantitative estimate of drug-likeness (QED) is 0.288. The van der Waals surface area contributed by atoms with Crippen molar-refractivity contribution in [3.8, 4) is 0 Å². The number of nitrogens with two attached hydrogens (primary N) is 1. The van der Waals surface area contributed by atoms with Crippen molar-refractivity contribution < 1.29 is 19.1 Å². The zero-order valence-electron chi connectivity index (χ0n) is 32.4. The van der Waals surface area contributed by atoms with Crippen LogP contribution in [0.3, 0.4) is 0 Å². The number of nitrogens with zero attached hydrogens (tertiary/aromatic N) is 2. The average Bonchev–Trinajstić information content (AvgIpc) is 3.62. The molecule has 9 heterocycles. The Morgan fingerprint density at radius 1 is 1.04 bits per heavy atom. The van der Waals surface area contributed by atoms with E-state index in [0.29, 0.717) is 47.9 Å². The van der Waals surface area contributed by atoms with Crippen LogP contribution in [0, 0.1) is 46.3 Å². The standard InChI is InChI=1S/C47H57N3O4/c1-4-8-32-14-18-39-45-20-19-34-35(16-15-33-27(3)22-30-13-17-37-31-23-28(24-49(32)26-31)25-50(37)42(30)41(33)34)46(45,44(52)53-39)38(9-5-2)47(45)36-12-6-10-29(11-7-21-48)40(36)43(51)54-47/h6,10,12-13,15-18,27-28,31-33,37-38,41H,4-5,7-9,11,14,19-26,48H2,1-3H3/b39-18+/t27-,28-,31+,32+,33-,37+,38+,41-,45-,46+,47-/m1/s1. The van der Waals surface area contributed by atoms with Crippen LogP contribution in [0.4, 0.5) is 0 Å². The third kappa shape index (κ3) is 3.87. The topological polar surface area (TPSA) is 85.1 Å². The van der Waals surface area contributed by atoms with Gasteiger partial charge in [-0.05, 0) is 111 Å². The number of aryl methyl sites for hydroxylation is 1. The Balaban J connectivity index is 1.19. The normalized spacial score (nSPS) is 43.9. The number of fused-ring (bicyclic) bond motifs is 2. The van der Waals surface area contributed by atoms with Crippen molar-refractivity contribution in [2.45, 2.75) is 109 Å². The number of rotatable bonds is 7. The number of benzene rings is 1. The van der Waals surface area contributed by atoms with Crippen LogP contribution in [-0.2, 0) is 26.3 Å². The summed E-state index contributed by atoms with van der Waals surface area (Å²) in [6, 6.07) is 7.14. The summed E-state index contributed by atoms with van der Waals surface area (Å²) in [4.78, 5) is 35.6. The number of hydrogen-bond donors (Lipinski definition) is 1. The van der Waals surface area contributed by atoms with Crippen LogP contribution in [0.1, 0.15) is 106 Å². The van der Waals surface area contributed by atoms with Gasteiger partial charge in [0.2, 0.25) is 0 Å². The van der Waals surface area contributed by atoms with E-state index in [0.717, 1.165) is 101 Å². The summed E-state index contributed by atoms with van der Waals surface area (Å²) in [5.41, 5.74) is 11.8. The molecule has 3 saturated heterocycles. The van der Waals surface area contributed by atoms with Gasteiger partial charge in [-0.25, -0.2) is 4.79 Å². The zero-order chi connectivity index (χ0) is 36.7. The van der Waals surface area contributed by atoms with Crippen molar-refractivity contribution in [2.75, 3.05) is 26.2 Å². The van der Waals surface area contributed by atoms with E-state index in [9.17, 15) is 4.79 Å². The Hall–Kier alpha value is -3.42. The predicted octanol–water partition coefficient (Wildman–Crippen LogP) is 7.74. The second-order valence-electron chi connectivity index (χ2n) is 18.8. The molecule has 4 aliphatic carbocycles. The first-order chi connectivity index (χ1) is 26.3. The maximum absolute atomic E-state index is 15.4. The lowest BCUT2D eigenvalue weighted by Gasteiger charge is -2.71. The lowest BCUT2D eigenvalue weighted by atomic mass is 9.29. The zero-order valence-corrected chi connectivity index (χ0v) is 32.4. The van der Waals surface area contributed by atoms with Gasteiger partial charge in [-0.15, -0.1) is 0 Å². The molecule has 0 amide bonds. The molecule has 54 heavy (non-hydrogen) atoms. The van der Waals surface area contributed by atoms with E-state index in [-0.39, 0.29) is 23.8 Å². The fourth-order valence-electron chi connectivity index (χ4n) is 14.9. The maximum atomic E-state index is 15.4. The minimum Gasteiger partial charge on any atom is -0.449 e. The molecule has 1 unspecified atom stereocenters. The van der Waals surface area contributed by atoms with Gasteiger partial charge in [-0.3, -0.25) is 9.69 Å². The highest BCUT2D eigenvalue weighted by molar-refractivity contribution is 6.00. The van der Waals surface area contributed by atoms with Crippen molar-refractivity contribution in [3.63, 3.8) is 0 Å². The minimum absolute atomic E-state index is 0.113. The number of ether oxygens (including phenoxy) is 2. The van der Waals surface area contributed by atoms with Crippen LogP contribution in [0.15, 0.2) is 76.8 Å². The Labute approximate surface area is 320 Å². The van der Waals surface area contributed by atoms with Crippen molar-refractivity contribution in [3.05, 3.63) is 93.4 Å². The molecule has 2 spiro atoms. The summed E-state index contributed by atoms with van der Waals surface area (Å²) in [5, 5.41) is 0. The molecule has 1 aromatic carbocycles. The highest BCUT2D eigenvalue weighted by Gasteiger charge is 2.92. The van der Waals surface area contributed by atoms with E-state index in [1.54, 1.807) is 5.70 Å². The third-order valence-corrected chi connectivity index (χ3v) is 16.5. The Bertz CT molecular complexity index is 2010. The van der Waals surface area contributed by atoms with E-state index in [1.165, 1.54) is 23.1 Å². The van der Waals surface area contributed by atoms with Gasteiger partial charge in [0, 0.05) is 48.8 Å². The second kappa shape index (κ2) is 11.8. The molecule has 12 atom stereocenters. The third-order valence-electron chi connectivity index (χ3n) is 16.5. The summed E-state index contributed by atoms with van der Waals surface area (Å²) in [5.74, 6) is 2.66. The van der Waals surface area contributed by atoms with Gasteiger partial charge >= 0.3 is 11.9 Å². The van der Waals surface area contributed by atoms with Crippen LogP contribution >= 0.6 is 0 Å². The number of piperidine rings is 2. The van der Waals surface area contributed by atoms with Gasteiger partial charge < -0.3 is 20.1 Å². The molecule has 12 bridgehead atoms. The largest absolute Gasteiger partial charge is 0.449 e. The highest BCUT2D eigenvalue weighted by atomic mass is 16.6. The molecule has 9 aliphatic heterocycles. The molecule has 4 fully saturated rings. The molecule has 14 rings (SSSR count). The predicted molar refractivity (Wildman–Crippen MR) is 208 cm³/mol. The van der Waals surface area contributed by atoms with Crippen LogP contribution in [0.25, 0.3) is 0 Å². The van der Waals surface area contributed by atoms with Gasteiger partial charge in [0.05, 0.1) is 17.0 Å². The first-order valence-electron chi connectivity index (χ1n) is 21.7. The SMILES string of the molecule is CCC[C@H]1C/C=C2/OC(=O)[C@@]34C5=C(CC[C@@]23[C@]2(OC(=O)c3c(CCCN)cccc32)[C@H]4CCC)[C@@H]2C3=C(C=C[C@H]4[C@H]6C[C@H](CN1C6)CN34)C[C@@H](C)[C@H]2C=C5. The molecule has 284 valence electrons. The van der Waals surface area contributed by atoms with Crippen LogP contribution < -0.4 is 5.73 Å². The molecule has 1 aromatic rings. The van der Waals surface area contributed by atoms with Gasteiger partial charge in [-0.2, -0.15) is 0 Å². The smallest absolute Gasteiger partial charge is 0.339 e. The summed E-state index contributed by atoms with van der Waals surface area (Å²) in [6.45, 7) is 10.9. The molecule has 1 saturated carbocycles. The van der Waals surface area contributed by atoms with Crippen molar-refractivity contribution in [2.24, 2.45) is 52.1 Å². The average molecular weight is 728 g/mol. The molecule has 7 heteroatoms. The number of carbonyl (C=O) groups is 2. The van der Waals surface area contributed by atoms with E-state index in [4.69, 9.17) is 15.2 Å². The summed E-state index contributed by atoms with van der Waals surface area (Å²) >= 11 is 0. The number of esters is 2. The van der Waals surface area contributed by atoms with E-state index >= 15 is 4.79 Å². The van der Waals surface area contributed by atoms with Crippen molar-refractivity contribution in [1.29, 1.82) is 0 Å². The van der Waals surface area contributed by atoms with Crippen LogP contribution in [0.5, 0.6) is 0 Å². The second-order valence-corrected chi connectivity index (χ2v) is 18.8. The Kier molecular flexibility index (Phi) is 7.40. The van der Waals surface area contributed by atoms with E-state index in [1.807, 2.05) is 0 Å². The minimum atomic E-state index is -0.964. The molecular weight excluding hydrogens is 671 g/mol. The number of carbonyl (C=O) groups excluding carboxylic acids is 2. The summed E-state index contributed by atoms with van der Waals surface area (Å²) in [7, 11) is 0. The molecular formula is C47H57N3O4. The monoisotopic (exact) mass is 727 g/mol. The first-order valence-corrected chi connectivity index (χ1v) is 21.7. The maximum Gasteiger partial charge on any atom is 0.339 e. The fraction of sp³-hybridized carbons (Fsp3) is 0.617. The van der Waals surface area contributed by atoms with Gasteiger partial charge in [0.15, 0.2) is 5.60 Å². The Morgan fingerprint density at radius 2 is 1.91 bits per heavy atom. The van der Waals surface area contributed by atoms with Crippen LogP contribution in [0.2, 0.25) is 0 Å². The first kappa shape index (κ1) is 33.9. The Morgan fingerprint density at radius 3 is 2.74 bits per heavy atom. The molecule has 13 aliphatic rings. The van der Waals surface area contributed by atoms with Gasteiger partial charge in [-0.1, -0.05) is 81.7 Å². The van der Waals surface area contributed by atoms with Gasteiger partial charge in [0.25, 0.3) is 0 Å². The van der Waals surface area contributed by atoms with Crippen LogP contribution in [-0.4, -0.2) is 60.0 Å². The van der Waals surface area contributed by atoms with E-state index in [2.05, 4.69) is 79.2 Å². The van der Waals surface area contributed by atoms with Gasteiger partial charge in [0.1, 0.15) is 11.2 Å². The summed E-state index contributed by atoms with van der Waals surface area (Å²) < 4.78 is 13.9. The molecule has 2 N–H and O–H groups in total. The van der Waals surface area contributed by atoms with Crippen molar-refractivity contribution >= 4 is 11.9 Å².